The zero-order valence-corrected chi connectivity index (χ0v) is 11.5. The third kappa shape index (κ3) is 3.23. The first-order valence-corrected chi connectivity index (χ1v) is 7.41. The molecule has 2 unspecified atom stereocenters. The van der Waals surface area contributed by atoms with Crippen LogP contribution in [0.1, 0.15) is 39.0 Å². The third-order valence-corrected chi connectivity index (χ3v) is 4.62. The van der Waals surface area contributed by atoms with Crippen LogP contribution in [0.2, 0.25) is 0 Å². The van der Waals surface area contributed by atoms with E-state index in [4.69, 9.17) is 0 Å². The van der Waals surface area contributed by atoms with E-state index in [0.717, 1.165) is 52.0 Å². The minimum atomic E-state index is -0.583. The first-order valence-electron chi connectivity index (χ1n) is 7.41. The Morgan fingerprint density at radius 2 is 1.78 bits per heavy atom. The Morgan fingerprint density at radius 1 is 1.11 bits per heavy atom. The van der Waals surface area contributed by atoms with Gasteiger partial charge in [-0.25, -0.2) is 0 Å². The molecule has 0 aromatic carbocycles. The van der Waals surface area contributed by atoms with E-state index < -0.39 is 5.97 Å². The Bertz CT molecular complexity index is 275. The van der Waals surface area contributed by atoms with Gasteiger partial charge in [0.2, 0.25) is 0 Å². The fraction of sp³-hybridized carbons (Fsp3) is 0.929. The second-order valence-electron chi connectivity index (χ2n) is 5.62. The summed E-state index contributed by atoms with van der Waals surface area (Å²) in [5.74, 6) is -0.722. The van der Waals surface area contributed by atoms with E-state index in [1.165, 1.54) is 12.8 Å². The predicted molar refractivity (Wildman–Crippen MR) is 71.7 cm³/mol. The topological polar surface area (TPSA) is 43.8 Å². The van der Waals surface area contributed by atoms with E-state index in [1.807, 2.05) is 0 Å². The summed E-state index contributed by atoms with van der Waals surface area (Å²) in [6.45, 7) is 7.59. The molecule has 1 aliphatic heterocycles. The highest BCUT2D eigenvalue weighted by molar-refractivity contribution is 5.70. The van der Waals surface area contributed by atoms with Gasteiger partial charge in [-0.1, -0.05) is 26.2 Å². The number of carboxylic acid groups (broad SMARTS) is 1. The molecule has 4 nitrogen and oxygen atoms in total. The fourth-order valence-electron chi connectivity index (χ4n) is 3.42. The SMILES string of the molecule is CCN1CCN(C2CCCCCC2C(=O)O)CC1. The zero-order valence-electron chi connectivity index (χ0n) is 11.5. The monoisotopic (exact) mass is 254 g/mol. The molecule has 2 aliphatic rings. The van der Waals surface area contributed by atoms with Crippen LogP contribution < -0.4 is 0 Å². The first-order chi connectivity index (χ1) is 8.72. The molecule has 0 bridgehead atoms. The van der Waals surface area contributed by atoms with Crippen molar-refractivity contribution in [2.24, 2.45) is 5.92 Å². The van der Waals surface area contributed by atoms with Crippen molar-refractivity contribution in [2.75, 3.05) is 32.7 Å². The van der Waals surface area contributed by atoms with Crippen LogP contribution >= 0.6 is 0 Å². The standard InChI is InChI=1S/C14H26N2O2/c1-2-15-8-10-16(11-9-15)13-7-5-3-4-6-12(13)14(17)18/h12-13H,2-11H2,1H3,(H,17,18). The molecule has 4 heteroatoms. The average Bonchev–Trinajstić information content (AvgIpc) is 2.64. The highest BCUT2D eigenvalue weighted by atomic mass is 16.4. The molecule has 1 aliphatic carbocycles. The number of carbonyl (C=O) groups is 1. The lowest BCUT2D eigenvalue weighted by atomic mass is 9.93. The van der Waals surface area contributed by atoms with Gasteiger partial charge in [-0.05, 0) is 19.4 Å². The van der Waals surface area contributed by atoms with Crippen molar-refractivity contribution in [3.63, 3.8) is 0 Å². The Kier molecular flexibility index (Phi) is 5.01. The second kappa shape index (κ2) is 6.53. The third-order valence-electron chi connectivity index (χ3n) is 4.62. The van der Waals surface area contributed by atoms with Crippen molar-refractivity contribution in [3.8, 4) is 0 Å². The molecule has 18 heavy (non-hydrogen) atoms. The number of piperazine rings is 1. The highest BCUT2D eigenvalue weighted by Gasteiger charge is 2.34. The van der Waals surface area contributed by atoms with Gasteiger partial charge in [0.1, 0.15) is 0 Å². The lowest BCUT2D eigenvalue weighted by Crippen LogP contribution is -2.53. The largest absolute Gasteiger partial charge is 0.481 e. The maximum Gasteiger partial charge on any atom is 0.308 e. The Balaban J connectivity index is 1.97. The maximum absolute atomic E-state index is 11.4. The number of likely N-dealkylation sites (N-methyl/N-ethyl adjacent to an activating group) is 1. The molecule has 2 fully saturated rings. The molecule has 2 atom stereocenters. The second-order valence-corrected chi connectivity index (χ2v) is 5.62. The number of rotatable bonds is 3. The minimum Gasteiger partial charge on any atom is -0.481 e. The summed E-state index contributed by atoms with van der Waals surface area (Å²) >= 11 is 0. The summed E-state index contributed by atoms with van der Waals surface area (Å²) in [5.41, 5.74) is 0. The van der Waals surface area contributed by atoms with Gasteiger partial charge in [-0.3, -0.25) is 9.69 Å². The molecule has 0 spiro atoms. The number of nitrogens with zero attached hydrogens (tertiary/aromatic N) is 2. The van der Waals surface area contributed by atoms with E-state index in [0.29, 0.717) is 0 Å². The average molecular weight is 254 g/mol. The predicted octanol–water partition coefficient (Wildman–Crippen LogP) is 1.66. The van der Waals surface area contributed by atoms with E-state index in [1.54, 1.807) is 0 Å². The zero-order chi connectivity index (χ0) is 13.0. The fourth-order valence-corrected chi connectivity index (χ4v) is 3.42. The molecule has 0 radical (unpaired) electrons. The lowest BCUT2D eigenvalue weighted by molar-refractivity contribution is -0.145. The van der Waals surface area contributed by atoms with Gasteiger partial charge in [0, 0.05) is 32.2 Å². The molecule has 0 aromatic rings. The van der Waals surface area contributed by atoms with Crippen LogP contribution in [0, 0.1) is 5.92 Å². The first kappa shape index (κ1) is 13.8. The molecule has 104 valence electrons. The van der Waals surface area contributed by atoms with Gasteiger partial charge in [-0.2, -0.15) is 0 Å². The van der Waals surface area contributed by atoms with Crippen LogP contribution in [0.25, 0.3) is 0 Å². The quantitative estimate of drug-likeness (QED) is 0.778. The maximum atomic E-state index is 11.4. The van der Waals surface area contributed by atoms with Gasteiger partial charge < -0.3 is 10.0 Å². The van der Waals surface area contributed by atoms with Crippen molar-refractivity contribution in [3.05, 3.63) is 0 Å². The van der Waals surface area contributed by atoms with E-state index in [2.05, 4.69) is 16.7 Å². The van der Waals surface area contributed by atoms with Gasteiger partial charge in [-0.15, -0.1) is 0 Å². The summed E-state index contributed by atoms with van der Waals surface area (Å²) in [5, 5.41) is 9.43. The van der Waals surface area contributed by atoms with E-state index in [-0.39, 0.29) is 12.0 Å². The van der Waals surface area contributed by atoms with Crippen LogP contribution in [0.3, 0.4) is 0 Å². The smallest absolute Gasteiger partial charge is 0.308 e. The van der Waals surface area contributed by atoms with Crippen LogP contribution in [0.5, 0.6) is 0 Å². The van der Waals surface area contributed by atoms with Crippen molar-refractivity contribution in [1.82, 2.24) is 9.80 Å². The normalized spacial score (nSPS) is 32.1. The van der Waals surface area contributed by atoms with Gasteiger partial charge in [0.05, 0.1) is 5.92 Å². The number of aliphatic carboxylic acids is 1. The van der Waals surface area contributed by atoms with E-state index >= 15 is 0 Å². The number of hydrogen-bond acceptors (Lipinski definition) is 3. The van der Waals surface area contributed by atoms with Crippen LogP contribution in [0.15, 0.2) is 0 Å². The van der Waals surface area contributed by atoms with Crippen molar-refractivity contribution >= 4 is 5.97 Å². The van der Waals surface area contributed by atoms with E-state index in [9.17, 15) is 9.90 Å². The molecule has 1 saturated carbocycles. The van der Waals surface area contributed by atoms with Crippen LogP contribution in [-0.4, -0.2) is 59.6 Å². The molecule has 0 amide bonds. The van der Waals surface area contributed by atoms with Gasteiger partial charge in [0.25, 0.3) is 0 Å². The lowest BCUT2D eigenvalue weighted by Gasteiger charge is -2.40. The Hall–Kier alpha value is -0.610. The molecule has 0 aromatic heterocycles. The summed E-state index contributed by atoms with van der Waals surface area (Å²) in [7, 11) is 0. The van der Waals surface area contributed by atoms with Crippen molar-refractivity contribution in [1.29, 1.82) is 0 Å². The molecule has 2 rings (SSSR count). The highest BCUT2D eigenvalue weighted by Crippen LogP contribution is 2.28. The number of carboxylic acids is 1. The van der Waals surface area contributed by atoms with Crippen molar-refractivity contribution in [2.45, 2.75) is 45.1 Å². The van der Waals surface area contributed by atoms with Crippen LogP contribution in [0.4, 0.5) is 0 Å². The molecule has 1 saturated heterocycles. The summed E-state index contributed by atoms with van der Waals surface area (Å²) in [4.78, 5) is 16.3. The van der Waals surface area contributed by atoms with Crippen LogP contribution in [-0.2, 0) is 4.79 Å². The van der Waals surface area contributed by atoms with Gasteiger partial charge >= 0.3 is 5.97 Å². The molecule has 1 N–H and O–H groups in total. The summed E-state index contributed by atoms with van der Waals surface area (Å²) < 4.78 is 0. The molecule has 1 heterocycles. The van der Waals surface area contributed by atoms with Gasteiger partial charge in [0.15, 0.2) is 0 Å². The van der Waals surface area contributed by atoms with Crippen molar-refractivity contribution < 1.29 is 9.90 Å². The molecular formula is C14H26N2O2. The Morgan fingerprint density at radius 3 is 2.39 bits per heavy atom. The summed E-state index contributed by atoms with van der Waals surface area (Å²) in [6.07, 6.45) is 5.43. The minimum absolute atomic E-state index is 0.138. The Labute approximate surface area is 110 Å². The number of hydrogen-bond donors (Lipinski definition) is 1. The summed E-state index contributed by atoms with van der Waals surface area (Å²) in [6, 6.07) is 0.281. The molecular weight excluding hydrogens is 228 g/mol.